The highest BCUT2D eigenvalue weighted by Gasteiger charge is 2.11. The molecular weight excluding hydrogens is 212 g/mol. The Morgan fingerprint density at radius 1 is 1.53 bits per heavy atom. The van der Waals surface area contributed by atoms with Crippen LogP contribution in [0.15, 0.2) is 0 Å². The molecule has 0 saturated heterocycles. The Bertz CT molecular complexity index is 168. The Morgan fingerprint density at radius 2 is 2.27 bits per heavy atom. The van der Waals surface area contributed by atoms with Gasteiger partial charge in [-0.15, -0.1) is 0 Å². The van der Waals surface area contributed by atoms with Gasteiger partial charge in [-0.1, -0.05) is 0 Å². The van der Waals surface area contributed by atoms with Gasteiger partial charge in [0, 0.05) is 20.3 Å². The molecular formula is C10H22N2O2S. The number of carbonyl (C=O) groups excluding carboxylic acids is 1. The van der Waals surface area contributed by atoms with E-state index in [0.717, 1.165) is 25.1 Å². The maximum atomic E-state index is 11.4. The Kier molecular flexibility index (Phi) is 10.1. The number of ether oxygens (including phenoxy) is 1. The molecule has 3 N–H and O–H groups in total. The minimum atomic E-state index is -0.439. The molecule has 1 amide bonds. The fraction of sp³-hybridized carbons (Fsp3) is 0.900. The van der Waals surface area contributed by atoms with Gasteiger partial charge in [0.2, 0.25) is 5.91 Å². The van der Waals surface area contributed by atoms with Crippen LogP contribution in [0.25, 0.3) is 0 Å². The second kappa shape index (κ2) is 10.3. The van der Waals surface area contributed by atoms with Crippen molar-refractivity contribution in [2.45, 2.75) is 25.3 Å². The van der Waals surface area contributed by atoms with E-state index in [2.05, 4.69) is 11.6 Å². The van der Waals surface area contributed by atoms with Gasteiger partial charge in [0.15, 0.2) is 0 Å². The fourth-order valence-corrected chi connectivity index (χ4v) is 1.58. The molecule has 5 heteroatoms. The predicted molar refractivity (Wildman–Crippen MR) is 65.1 cm³/mol. The largest absolute Gasteiger partial charge is 0.385 e. The van der Waals surface area contributed by atoms with Gasteiger partial charge >= 0.3 is 0 Å². The first-order chi connectivity index (χ1) is 7.22. The third-order valence-electron chi connectivity index (χ3n) is 2.04. The number of hydrogen-bond acceptors (Lipinski definition) is 4. The van der Waals surface area contributed by atoms with Crippen LogP contribution in [-0.2, 0) is 9.53 Å². The van der Waals surface area contributed by atoms with Gasteiger partial charge in [-0.2, -0.15) is 11.8 Å². The average molecular weight is 234 g/mol. The zero-order chi connectivity index (χ0) is 11.5. The van der Waals surface area contributed by atoms with Crippen LogP contribution in [0.5, 0.6) is 0 Å². The second-order valence-electron chi connectivity index (χ2n) is 3.38. The summed E-state index contributed by atoms with van der Waals surface area (Å²) < 4.78 is 4.86. The van der Waals surface area contributed by atoms with Gasteiger partial charge in [0.05, 0.1) is 6.04 Å². The number of rotatable bonds is 9. The van der Waals surface area contributed by atoms with E-state index < -0.39 is 6.04 Å². The minimum Gasteiger partial charge on any atom is -0.385 e. The number of carbonyl (C=O) groups is 1. The van der Waals surface area contributed by atoms with E-state index in [9.17, 15) is 4.79 Å². The van der Waals surface area contributed by atoms with Crippen LogP contribution in [0.4, 0.5) is 0 Å². The zero-order valence-electron chi connectivity index (χ0n) is 9.62. The number of nitrogens with one attached hydrogen (secondary N) is 1. The highest BCUT2D eigenvalue weighted by Crippen LogP contribution is 1.98. The quantitative estimate of drug-likeness (QED) is 0.574. The standard InChI is InChI=1S/C10H22N2O2S/c1-14-7-5-9(11)10(13)12-6-3-4-8-15-2/h9H,3-8,11H2,1-2H3,(H,12,13). The molecule has 1 atom stereocenters. The summed E-state index contributed by atoms with van der Waals surface area (Å²) >= 11 is 1.82. The first-order valence-electron chi connectivity index (χ1n) is 5.23. The molecule has 0 aliphatic rings. The number of hydrogen-bond donors (Lipinski definition) is 2. The molecule has 90 valence electrons. The molecule has 0 aromatic heterocycles. The van der Waals surface area contributed by atoms with E-state index in [4.69, 9.17) is 10.5 Å². The predicted octanol–water partition coefficient (Wildman–Crippen LogP) is 0.610. The van der Waals surface area contributed by atoms with Crippen molar-refractivity contribution in [2.24, 2.45) is 5.73 Å². The number of nitrogens with two attached hydrogens (primary N) is 1. The number of methoxy groups -OCH3 is 1. The van der Waals surface area contributed by atoms with E-state index in [1.807, 2.05) is 11.8 Å². The molecule has 0 bridgehead atoms. The molecule has 0 aromatic carbocycles. The van der Waals surface area contributed by atoms with Crippen LogP contribution in [0.1, 0.15) is 19.3 Å². The molecule has 4 nitrogen and oxygen atoms in total. The summed E-state index contributed by atoms with van der Waals surface area (Å²) in [6.07, 6.45) is 4.81. The SMILES string of the molecule is COCCC(N)C(=O)NCCCCSC. The number of unbranched alkanes of at least 4 members (excludes halogenated alkanes) is 1. The van der Waals surface area contributed by atoms with Crippen molar-refractivity contribution in [3.8, 4) is 0 Å². The van der Waals surface area contributed by atoms with Crippen LogP contribution >= 0.6 is 11.8 Å². The van der Waals surface area contributed by atoms with Gasteiger partial charge in [0.1, 0.15) is 0 Å². The maximum Gasteiger partial charge on any atom is 0.237 e. The molecule has 0 aromatic rings. The van der Waals surface area contributed by atoms with Gasteiger partial charge < -0.3 is 15.8 Å². The summed E-state index contributed by atoms with van der Waals surface area (Å²) in [5, 5.41) is 2.82. The smallest absolute Gasteiger partial charge is 0.237 e. The Labute approximate surface area is 96.3 Å². The highest BCUT2D eigenvalue weighted by atomic mass is 32.2. The zero-order valence-corrected chi connectivity index (χ0v) is 10.4. The van der Waals surface area contributed by atoms with Crippen molar-refractivity contribution >= 4 is 17.7 Å². The summed E-state index contributed by atoms with van der Waals surface area (Å²) in [4.78, 5) is 11.4. The van der Waals surface area contributed by atoms with Gasteiger partial charge in [-0.05, 0) is 31.3 Å². The van der Waals surface area contributed by atoms with Crippen molar-refractivity contribution in [3.63, 3.8) is 0 Å². The van der Waals surface area contributed by atoms with Crippen LogP contribution < -0.4 is 11.1 Å². The van der Waals surface area contributed by atoms with Crippen molar-refractivity contribution in [1.82, 2.24) is 5.32 Å². The molecule has 0 aliphatic carbocycles. The molecule has 0 rings (SSSR count). The van der Waals surface area contributed by atoms with E-state index in [0.29, 0.717) is 13.0 Å². The molecule has 0 spiro atoms. The maximum absolute atomic E-state index is 11.4. The third kappa shape index (κ3) is 8.72. The lowest BCUT2D eigenvalue weighted by atomic mass is 10.2. The second-order valence-corrected chi connectivity index (χ2v) is 4.36. The van der Waals surface area contributed by atoms with Gasteiger partial charge in [-0.25, -0.2) is 0 Å². The summed E-state index contributed by atoms with van der Waals surface area (Å²) in [5.74, 6) is 1.07. The lowest BCUT2D eigenvalue weighted by molar-refractivity contribution is -0.122. The monoisotopic (exact) mass is 234 g/mol. The first-order valence-corrected chi connectivity index (χ1v) is 6.63. The molecule has 1 unspecified atom stereocenters. The average Bonchev–Trinajstić information content (AvgIpc) is 2.25. The Hall–Kier alpha value is -0.260. The molecule has 0 saturated carbocycles. The van der Waals surface area contributed by atoms with E-state index >= 15 is 0 Å². The van der Waals surface area contributed by atoms with E-state index in [1.54, 1.807) is 7.11 Å². The molecule has 0 radical (unpaired) electrons. The third-order valence-corrected chi connectivity index (χ3v) is 2.74. The molecule has 0 heterocycles. The van der Waals surface area contributed by atoms with Crippen molar-refractivity contribution in [3.05, 3.63) is 0 Å². The Morgan fingerprint density at radius 3 is 2.87 bits per heavy atom. The molecule has 0 fully saturated rings. The van der Waals surface area contributed by atoms with Crippen molar-refractivity contribution in [2.75, 3.05) is 32.3 Å². The normalized spacial score (nSPS) is 12.5. The van der Waals surface area contributed by atoms with Crippen molar-refractivity contribution in [1.29, 1.82) is 0 Å². The van der Waals surface area contributed by atoms with Crippen LogP contribution in [0.3, 0.4) is 0 Å². The van der Waals surface area contributed by atoms with Gasteiger partial charge in [0.25, 0.3) is 0 Å². The topological polar surface area (TPSA) is 64.3 Å². The first kappa shape index (κ1) is 14.7. The molecule has 0 aliphatic heterocycles. The Balaban J connectivity index is 3.38. The van der Waals surface area contributed by atoms with Crippen molar-refractivity contribution < 1.29 is 9.53 Å². The fourth-order valence-electron chi connectivity index (χ4n) is 1.09. The summed E-state index contributed by atoms with van der Waals surface area (Å²) in [5.41, 5.74) is 5.65. The highest BCUT2D eigenvalue weighted by molar-refractivity contribution is 7.98. The minimum absolute atomic E-state index is 0.0730. The number of amides is 1. The summed E-state index contributed by atoms with van der Waals surface area (Å²) in [7, 11) is 1.60. The lowest BCUT2D eigenvalue weighted by Crippen LogP contribution is -2.41. The summed E-state index contributed by atoms with van der Waals surface area (Å²) in [6, 6.07) is -0.439. The molecule has 15 heavy (non-hydrogen) atoms. The van der Waals surface area contributed by atoms with Crippen LogP contribution in [0, 0.1) is 0 Å². The lowest BCUT2D eigenvalue weighted by Gasteiger charge is -2.11. The van der Waals surface area contributed by atoms with E-state index in [1.165, 1.54) is 0 Å². The van der Waals surface area contributed by atoms with Crippen LogP contribution in [0.2, 0.25) is 0 Å². The van der Waals surface area contributed by atoms with Crippen LogP contribution in [-0.4, -0.2) is 44.2 Å². The number of thioether (sulfide) groups is 1. The van der Waals surface area contributed by atoms with Gasteiger partial charge in [-0.3, -0.25) is 4.79 Å². The van der Waals surface area contributed by atoms with E-state index in [-0.39, 0.29) is 5.91 Å². The summed E-state index contributed by atoms with van der Waals surface area (Å²) in [6.45, 7) is 1.25.